The van der Waals surface area contributed by atoms with E-state index >= 15 is 0 Å². The van der Waals surface area contributed by atoms with Crippen LogP contribution in [0.1, 0.15) is 91.9 Å². The van der Waals surface area contributed by atoms with Gasteiger partial charge in [-0.25, -0.2) is 0 Å². The van der Waals surface area contributed by atoms with Gasteiger partial charge in [-0.3, -0.25) is 0 Å². The molecule has 2 saturated carbocycles. The van der Waals surface area contributed by atoms with E-state index in [-0.39, 0.29) is 0 Å². The minimum atomic E-state index is 0.494. The van der Waals surface area contributed by atoms with E-state index in [1.54, 1.807) is 0 Å². The van der Waals surface area contributed by atoms with E-state index in [0.29, 0.717) is 12.0 Å². The summed E-state index contributed by atoms with van der Waals surface area (Å²) >= 11 is 0. The van der Waals surface area contributed by atoms with Gasteiger partial charge in [-0.15, -0.1) is 0 Å². The molecule has 140 valence electrons. The molecule has 2 fully saturated rings. The molecule has 0 aliphatic heterocycles. The highest BCUT2D eigenvalue weighted by Crippen LogP contribution is 2.38. The van der Waals surface area contributed by atoms with Crippen LogP contribution in [0, 0.1) is 29.6 Å². The lowest BCUT2D eigenvalue weighted by Gasteiger charge is -2.38. The molecule has 2 aliphatic carbocycles. The van der Waals surface area contributed by atoms with E-state index < -0.39 is 0 Å². The molecule has 0 saturated heterocycles. The molecule has 24 heavy (non-hydrogen) atoms. The molecule has 4 atom stereocenters. The molecule has 0 heterocycles. The molecule has 1 nitrogen and oxygen atoms in total. The van der Waals surface area contributed by atoms with Crippen LogP contribution in [0.15, 0.2) is 12.2 Å². The fraction of sp³-hybridized carbons (Fsp3) is 0.913. The number of allylic oxidation sites excluding steroid dienone is 2. The maximum atomic E-state index is 5.94. The second kappa shape index (κ2) is 10.6. The molecule has 0 aromatic carbocycles. The first-order valence-electron chi connectivity index (χ1n) is 11.0. The van der Waals surface area contributed by atoms with Crippen molar-refractivity contribution in [3.8, 4) is 0 Å². The van der Waals surface area contributed by atoms with Crippen LogP contribution in [-0.4, -0.2) is 12.7 Å². The Morgan fingerprint density at radius 3 is 2.25 bits per heavy atom. The Hall–Kier alpha value is -0.300. The molecule has 2 rings (SSSR count). The number of hydrogen-bond donors (Lipinski definition) is 0. The van der Waals surface area contributed by atoms with Gasteiger partial charge in [0.15, 0.2) is 0 Å². The maximum Gasteiger partial charge on any atom is 0.0603 e. The standard InChI is InChI=1S/C23H42O/c1-5-7-8-9-20-10-12-21(13-11-20)14-15-22-16-17-23(24-6-2)19(4)18(22)3/h14-15,18-23H,5-13,16-17H2,1-4H3. The first kappa shape index (κ1) is 20.0. The smallest absolute Gasteiger partial charge is 0.0603 e. The Balaban J connectivity index is 1.72. The first-order chi connectivity index (χ1) is 11.7. The van der Waals surface area contributed by atoms with Crippen LogP contribution in [0.2, 0.25) is 0 Å². The lowest BCUT2D eigenvalue weighted by molar-refractivity contribution is -0.0286. The van der Waals surface area contributed by atoms with Crippen LogP contribution in [-0.2, 0) is 4.74 Å². The van der Waals surface area contributed by atoms with E-state index in [9.17, 15) is 0 Å². The fourth-order valence-corrected chi connectivity index (χ4v) is 4.98. The van der Waals surface area contributed by atoms with E-state index in [1.807, 2.05) is 0 Å². The van der Waals surface area contributed by atoms with Gasteiger partial charge in [0, 0.05) is 6.61 Å². The lowest BCUT2D eigenvalue weighted by atomic mass is 9.71. The van der Waals surface area contributed by atoms with E-state index in [2.05, 4.69) is 39.8 Å². The maximum absolute atomic E-state index is 5.94. The van der Waals surface area contributed by atoms with Crippen LogP contribution in [0.5, 0.6) is 0 Å². The van der Waals surface area contributed by atoms with E-state index in [1.165, 1.54) is 64.2 Å². The summed E-state index contributed by atoms with van der Waals surface area (Å²) in [6.07, 6.45) is 19.8. The van der Waals surface area contributed by atoms with Crippen molar-refractivity contribution < 1.29 is 4.74 Å². The van der Waals surface area contributed by atoms with Crippen molar-refractivity contribution in [2.75, 3.05) is 6.61 Å². The molecule has 0 bridgehead atoms. The highest BCUT2D eigenvalue weighted by atomic mass is 16.5. The van der Waals surface area contributed by atoms with Gasteiger partial charge >= 0.3 is 0 Å². The Bertz CT molecular complexity index is 353. The topological polar surface area (TPSA) is 9.23 Å². The summed E-state index contributed by atoms with van der Waals surface area (Å²) in [5.41, 5.74) is 0. The predicted octanol–water partition coefficient (Wildman–Crippen LogP) is 7.02. The van der Waals surface area contributed by atoms with Crippen LogP contribution >= 0.6 is 0 Å². The summed E-state index contributed by atoms with van der Waals surface area (Å²) < 4.78 is 5.94. The van der Waals surface area contributed by atoms with Gasteiger partial charge < -0.3 is 4.74 Å². The molecule has 0 aromatic heterocycles. The van der Waals surface area contributed by atoms with Crippen LogP contribution in [0.25, 0.3) is 0 Å². The Labute approximate surface area is 151 Å². The number of hydrogen-bond acceptors (Lipinski definition) is 1. The van der Waals surface area contributed by atoms with Crippen molar-refractivity contribution in [2.45, 2.75) is 98.0 Å². The van der Waals surface area contributed by atoms with Crippen molar-refractivity contribution in [1.29, 1.82) is 0 Å². The Kier molecular flexibility index (Phi) is 8.87. The van der Waals surface area contributed by atoms with Crippen molar-refractivity contribution >= 4 is 0 Å². The van der Waals surface area contributed by atoms with Crippen molar-refractivity contribution in [3.63, 3.8) is 0 Å². The molecule has 0 radical (unpaired) electrons. The normalized spacial score (nSPS) is 37.8. The molecule has 2 aliphatic rings. The number of rotatable bonds is 8. The molecule has 0 aromatic rings. The second-order valence-corrected chi connectivity index (χ2v) is 8.61. The minimum absolute atomic E-state index is 0.494. The van der Waals surface area contributed by atoms with Gasteiger partial charge in [0.1, 0.15) is 0 Å². The highest BCUT2D eigenvalue weighted by molar-refractivity contribution is 4.99. The summed E-state index contributed by atoms with van der Waals surface area (Å²) in [5.74, 6) is 4.12. The van der Waals surface area contributed by atoms with Crippen molar-refractivity contribution in [1.82, 2.24) is 0 Å². The van der Waals surface area contributed by atoms with Crippen LogP contribution in [0.3, 0.4) is 0 Å². The second-order valence-electron chi connectivity index (χ2n) is 8.61. The van der Waals surface area contributed by atoms with Gasteiger partial charge in [0.25, 0.3) is 0 Å². The molecule has 0 amide bonds. The average molecular weight is 335 g/mol. The third-order valence-electron chi connectivity index (χ3n) is 6.99. The molecule has 0 spiro atoms. The summed E-state index contributed by atoms with van der Waals surface area (Å²) in [6, 6.07) is 0. The quantitative estimate of drug-likeness (QED) is 0.342. The average Bonchev–Trinajstić information content (AvgIpc) is 2.60. The first-order valence-corrected chi connectivity index (χ1v) is 11.0. The van der Waals surface area contributed by atoms with Crippen LogP contribution in [0.4, 0.5) is 0 Å². The zero-order chi connectivity index (χ0) is 17.4. The van der Waals surface area contributed by atoms with Gasteiger partial charge in [-0.05, 0) is 75.0 Å². The molecular weight excluding hydrogens is 292 g/mol. The number of ether oxygens (including phenoxy) is 1. The third kappa shape index (κ3) is 5.90. The molecular formula is C23H42O. The lowest BCUT2D eigenvalue weighted by Crippen LogP contribution is -2.36. The van der Waals surface area contributed by atoms with Gasteiger partial charge in [-0.2, -0.15) is 0 Å². The number of unbranched alkanes of at least 4 members (excludes halogenated alkanes) is 2. The van der Waals surface area contributed by atoms with Gasteiger partial charge in [-0.1, -0.05) is 58.6 Å². The van der Waals surface area contributed by atoms with E-state index in [0.717, 1.165) is 30.3 Å². The Morgan fingerprint density at radius 2 is 1.58 bits per heavy atom. The van der Waals surface area contributed by atoms with E-state index in [4.69, 9.17) is 4.74 Å². The third-order valence-corrected chi connectivity index (χ3v) is 6.99. The summed E-state index contributed by atoms with van der Waals surface area (Å²) in [5, 5.41) is 0. The molecule has 0 N–H and O–H groups in total. The van der Waals surface area contributed by atoms with Crippen molar-refractivity contribution in [3.05, 3.63) is 12.2 Å². The Morgan fingerprint density at radius 1 is 0.833 bits per heavy atom. The fourth-order valence-electron chi connectivity index (χ4n) is 4.98. The summed E-state index contributed by atoms with van der Waals surface area (Å²) in [6.45, 7) is 10.1. The van der Waals surface area contributed by atoms with Crippen LogP contribution < -0.4 is 0 Å². The molecule has 4 unspecified atom stereocenters. The minimum Gasteiger partial charge on any atom is -0.378 e. The zero-order valence-corrected chi connectivity index (χ0v) is 16.8. The van der Waals surface area contributed by atoms with Crippen molar-refractivity contribution in [2.24, 2.45) is 29.6 Å². The summed E-state index contributed by atoms with van der Waals surface area (Å²) in [4.78, 5) is 0. The molecule has 1 heteroatoms. The van der Waals surface area contributed by atoms with Gasteiger partial charge in [0.2, 0.25) is 0 Å². The highest BCUT2D eigenvalue weighted by Gasteiger charge is 2.33. The predicted molar refractivity (Wildman–Crippen MR) is 105 cm³/mol. The largest absolute Gasteiger partial charge is 0.378 e. The summed E-state index contributed by atoms with van der Waals surface area (Å²) in [7, 11) is 0. The SMILES string of the molecule is CCCCCC1CCC(C=CC2CCC(OCC)C(C)C2C)CC1. The monoisotopic (exact) mass is 334 g/mol. The zero-order valence-electron chi connectivity index (χ0n) is 16.8. The van der Waals surface area contributed by atoms with Gasteiger partial charge in [0.05, 0.1) is 6.10 Å².